The van der Waals surface area contributed by atoms with E-state index < -0.39 is 0 Å². The number of nitrogens with zero attached hydrogens (tertiary/aromatic N) is 1. The van der Waals surface area contributed by atoms with Crippen LogP contribution in [-0.2, 0) is 17.8 Å². The minimum absolute atomic E-state index is 0.368. The van der Waals surface area contributed by atoms with E-state index in [1.54, 1.807) is 0 Å². The van der Waals surface area contributed by atoms with Crippen LogP contribution in [0.5, 0.6) is 0 Å². The number of hydrogen-bond donors (Lipinski definition) is 1. The van der Waals surface area contributed by atoms with Gasteiger partial charge in [0.05, 0.1) is 12.7 Å². The summed E-state index contributed by atoms with van der Waals surface area (Å²) in [6.07, 6.45) is 0. The van der Waals surface area contributed by atoms with E-state index in [2.05, 4.69) is 34.5 Å². The largest absolute Gasteiger partial charge is 0.465 e. The molecule has 1 N–H and O–H groups in total. The predicted molar refractivity (Wildman–Crippen MR) is 119 cm³/mol. The van der Waals surface area contributed by atoms with Crippen molar-refractivity contribution in [2.24, 2.45) is 0 Å². The topological polar surface area (TPSA) is 41.6 Å². The monoisotopic (exact) mass is 410 g/mol. The van der Waals surface area contributed by atoms with Crippen molar-refractivity contribution in [3.8, 4) is 0 Å². The maximum atomic E-state index is 12.1. The number of aryl methyl sites for hydroxylation is 1. The Kier molecular flexibility index (Phi) is 6.79. The maximum absolute atomic E-state index is 12.1. The number of esters is 1. The molecule has 0 saturated carbocycles. The summed E-state index contributed by atoms with van der Waals surface area (Å²) >= 11 is 7.21. The predicted octanol–water partition coefficient (Wildman–Crippen LogP) is 5.24. The van der Waals surface area contributed by atoms with E-state index >= 15 is 0 Å². The molecule has 0 atom stereocenters. The van der Waals surface area contributed by atoms with Gasteiger partial charge >= 0.3 is 5.97 Å². The Morgan fingerprint density at radius 2 is 1.57 bits per heavy atom. The van der Waals surface area contributed by atoms with Crippen molar-refractivity contribution < 1.29 is 9.53 Å². The third-order valence-electron chi connectivity index (χ3n) is 4.20. The molecule has 1 aromatic heterocycles. The average Bonchev–Trinajstić information content (AvgIpc) is 3.08. The molecule has 0 radical (unpaired) electrons. The number of anilines is 1. The first-order valence-electron chi connectivity index (χ1n) is 8.89. The number of carbonyl (C=O) groups is 1. The van der Waals surface area contributed by atoms with E-state index in [4.69, 9.17) is 17.0 Å². The van der Waals surface area contributed by atoms with Crippen LogP contribution in [0, 0.1) is 6.92 Å². The van der Waals surface area contributed by atoms with E-state index in [0.717, 1.165) is 16.0 Å². The molecule has 0 spiro atoms. The Hall–Kier alpha value is -2.70. The van der Waals surface area contributed by atoms with Gasteiger partial charge in [0.25, 0.3) is 0 Å². The zero-order valence-electron chi connectivity index (χ0n) is 15.8. The normalized spacial score (nSPS) is 10.4. The minimum atomic E-state index is -0.368. The summed E-state index contributed by atoms with van der Waals surface area (Å²) in [6, 6.07) is 22.2. The summed E-state index contributed by atoms with van der Waals surface area (Å²) in [4.78, 5) is 15.2. The van der Waals surface area contributed by atoms with E-state index in [0.29, 0.717) is 28.8 Å². The maximum Gasteiger partial charge on any atom is 0.340 e. The summed E-state index contributed by atoms with van der Waals surface area (Å²) < 4.78 is 4.89. The molecule has 0 aliphatic rings. The van der Waals surface area contributed by atoms with Gasteiger partial charge < -0.3 is 15.0 Å². The third kappa shape index (κ3) is 5.18. The molecule has 6 heteroatoms. The molecule has 0 fully saturated rings. The number of nitrogens with one attached hydrogen (secondary N) is 1. The van der Waals surface area contributed by atoms with E-state index in [9.17, 15) is 4.79 Å². The molecule has 1 heterocycles. The van der Waals surface area contributed by atoms with Crippen LogP contribution in [0.4, 0.5) is 5.00 Å². The first-order valence-corrected chi connectivity index (χ1v) is 10.1. The van der Waals surface area contributed by atoms with Crippen LogP contribution in [0.15, 0.2) is 66.7 Å². The lowest BCUT2D eigenvalue weighted by molar-refractivity contribution is 0.0602. The first kappa shape index (κ1) is 20.0. The Balaban J connectivity index is 1.83. The van der Waals surface area contributed by atoms with Crippen molar-refractivity contribution >= 4 is 39.6 Å². The smallest absolute Gasteiger partial charge is 0.340 e. The van der Waals surface area contributed by atoms with Gasteiger partial charge in [-0.1, -0.05) is 60.7 Å². The molecule has 0 aliphatic heterocycles. The van der Waals surface area contributed by atoms with E-state index in [1.807, 2.05) is 49.4 Å². The number of benzene rings is 2. The van der Waals surface area contributed by atoms with Crippen molar-refractivity contribution in [3.63, 3.8) is 0 Å². The summed E-state index contributed by atoms with van der Waals surface area (Å²) in [5.74, 6) is -0.368. The fourth-order valence-electron chi connectivity index (χ4n) is 2.85. The minimum Gasteiger partial charge on any atom is -0.465 e. The summed E-state index contributed by atoms with van der Waals surface area (Å²) in [6.45, 7) is 3.29. The highest BCUT2D eigenvalue weighted by Gasteiger charge is 2.19. The second kappa shape index (κ2) is 9.48. The average molecular weight is 411 g/mol. The number of hydrogen-bond acceptors (Lipinski definition) is 4. The van der Waals surface area contributed by atoms with Crippen molar-refractivity contribution in [2.75, 3.05) is 12.4 Å². The van der Waals surface area contributed by atoms with Crippen LogP contribution < -0.4 is 5.32 Å². The number of rotatable bonds is 6. The fourth-order valence-corrected chi connectivity index (χ4v) is 4.05. The summed E-state index contributed by atoms with van der Waals surface area (Å²) in [5, 5.41) is 4.54. The summed E-state index contributed by atoms with van der Waals surface area (Å²) in [5.41, 5.74) is 2.84. The van der Waals surface area contributed by atoms with Gasteiger partial charge in [-0.3, -0.25) is 0 Å². The van der Waals surface area contributed by atoms with Crippen molar-refractivity contribution in [1.29, 1.82) is 0 Å². The van der Waals surface area contributed by atoms with Crippen LogP contribution in [0.25, 0.3) is 0 Å². The molecule has 0 amide bonds. The summed E-state index contributed by atoms with van der Waals surface area (Å²) in [7, 11) is 1.38. The van der Waals surface area contributed by atoms with Crippen LogP contribution in [-0.4, -0.2) is 23.1 Å². The molecule has 0 unspecified atom stereocenters. The van der Waals surface area contributed by atoms with Crippen LogP contribution in [0.1, 0.15) is 26.4 Å². The highest BCUT2D eigenvalue weighted by Crippen LogP contribution is 2.29. The molecular formula is C22H22N2O2S2. The van der Waals surface area contributed by atoms with Gasteiger partial charge in [0.1, 0.15) is 5.00 Å². The van der Waals surface area contributed by atoms with Crippen molar-refractivity contribution in [2.45, 2.75) is 20.0 Å². The molecule has 2 aromatic carbocycles. The number of thiophene rings is 1. The van der Waals surface area contributed by atoms with Crippen LogP contribution in [0.3, 0.4) is 0 Å². The molecule has 3 rings (SSSR count). The zero-order valence-corrected chi connectivity index (χ0v) is 17.5. The lowest BCUT2D eigenvalue weighted by Crippen LogP contribution is -2.34. The molecule has 0 aliphatic carbocycles. The fraction of sp³-hybridized carbons (Fsp3) is 0.182. The lowest BCUT2D eigenvalue weighted by Gasteiger charge is -2.26. The standard InChI is InChI=1S/C22H22N2O2S2/c1-16-13-19(21(25)26-2)20(28-16)23-22(27)24(14-17-9-5-3-6-10-17)15-18-11-7-4-8-12-18/h3-13H,14-15H2,1-2H3,(H,23,27). The highest BCUT2D eigenvalue weighted by atomic mass is 32.1. The van der Waals surface area contributed by atoms with Gasteiger partial charge in [-0.15, -0.1) is 11.3 Å². The van der Waals surface area contributed by atoms with Crippen molar-refractivity contribution in [1.82, 2.24) is 4.90 Å². The molecule has 0 saturated heterocycles. The molecule has 28 heavy (non-hydrogen) atoms. The third-order valence-corrected chi connectivity index (χ3v) is 5.53. The molecule has 3 aromatic rings. The van der Waals surface area contributed by atoms with Gasteiger partial charge in [0.2, 0.25) is 0 Å². The van der Waals surface area contributed by atoms with Crippen LogP contribution in [0.2, 0.25) is 0 Å². The number of ether oxygens (including phenoxy) is 1. The Bertz CT molecular complexity index is 898. The molecule has 144 valence electrons. The van der Waals surface area contributed by atoms with Gasteiger partial charge in [0.15, 0.2) is 5.11 Å². The highest BCUT2D eigenvalue weighted by molar-refractivity contribution is 7.80. The number of thiocarbonyl (C=S) groups is 1. The SMILES string of the molecule is COC(=O)c1cc(C)sc1NC(=S)N(Cc1ccccc1)Cc1ccccc1. The van der Waals surface area contributed by atoms with E-state index in [1.165, 1.54) is 18.4 Å². The Labute approximate surface area is 174 Å². The Morgan fingerprint density at radius 3 is 2.07 bits per heavy atom. The molecule has 4 nitrogen and oxygen atoms in total. The zero-order chi connectivity index (χ0) is 19.9. The van der Waals surface area contributed by atoms with Crippen molar-refractivity contribution in [3.05, 3.63) is 88.3 Å². The Morgan fingerprint density at radius 1 is 1.04 bits per heavy atom. The van der Waals surface area contributed by atoms with Crippen LogP contribution >= 0.6 is 23.6 Å². The lowest BCUT2D eigenvalue weighted by atomic mass is 10.2. The van der Waals surface area contributed by atoms with Gasteiger partial charge in [-0.25, -0.2) is 4.79 Å². The van der Waals surface area contributed by atoms with E-state index in [-0.39, 0.29) is 5.97 Å². The second-order valence-electron chi connectivity index (χ2n) is 6.35. The van der Waals surface area contributed by atoms with Gasteiger partial charge in [-0.2, -0.15) is 0 Å². The molecule has 0 bridgehead atoms. The van der Waals surface area contributed by atoms with Gasteiger partial charge in [0, 0.05) is 18.0 Å². The van der Waals surface area contributed by atoms with Gasteiger partial charge in [-0.05, 0) is 36.3 Å². The quantitative estimate of drug-likeness (QED) is 0.444. The number of methoxy groups -OCH3 is 1. The second-order valence-corrected chi connectivity index (χ2v) is 7.99. The molecular weight excluding hydrogens is 388 g/mol. The number of carbonyl (C=O) groups excluding carboxylic acids is 1. The first-order chi connectivity index (χ1) is 13.6.